The van der Waals surface area contributed by atoms with Crippen molar-refractivity contribution in [3.05, 3.63) is 11.1 Å². The number of hydrogen-bond acceptors (Lipinski definition) is 6. The van der Waals surface area contributed by atoms with Gasteiger partial charge in [0.1, 0.15) is 15.8 Å². The predicted octanol–water partition coefficient (Wildman–Crippen LogP) is 3.64. The van der Waals surface area contributed by atoms with E-state index < -0.39 is 0 Å². The van der Waals surface area contributed by atoms with Gasteiger partial charge < -0.3 is 10.6 Å². The first kappa shape index (κ1) is 14.3. The summed E-state index contributed by atoms with van der Waals surface area (Å²) in [5.41, 5.74) is 8.25. The molecule has 2 aromatic rings. The molecule has 2 N–H and O–H groups in total. The topological polar surface area (TPSA) is 55.0 Å². The number of nitrogens with zero attached hydrogens (tertiary/aromatic N) is 3. The zero-order valence-corrected chi connectivity index (χ0v) is 13.7. The molecule has 0 aliphatic rings. The Morgan fingerprint density at radius 1 is 1.37 bits per heavy atom. The molecule has 0 fully saturated rings. The highest BCUT2D eigenvalue weighted by atomic mass is 32.1. The highest BCUT2D eigenvalue weighted by Gasteiger charge is 2.22. The van der Waals surface area contributed by atoms with E-state index >= 15 is 0 Å². The fourth-order valence-electron chi connectivity index (χ4n) is 2.01. The lowest BCUT2D eigenvalue weighted by molar-refractivity contribution is 0.420. The van der Waals surface area contributed by atoms with Crippen molar-refractivity contribution in [2.24, 2.45) is 5.41 Å². The second kappa shape index (κ2) is 5.09. The fourth-order valence-corrected chi connectivity index (χ4v) is 3.69. The summed E-state index contributed by atoms with van der Waals surface area (Å²) in [5, 5.41) is 4.10. The maximum Gasteiger partial charge on any atom is 0.149 e. The third-order valence-corrected chi connectivity index (χ3v) is 4.55. The van der Waals surface area contributed by atoms with E-state index in [9.17, 15) is 0 Å². The minimum absolute atomic E-state index is 0.226. The highest BCUT2D eigenvalue weighted by Crippen LogP contribution is 2.40. The number of rotatable bonds is 3. The molecule has 4 nitrogen and oxygen atoms in total. The Balaban J connectivity index is 2.38. The van der Waals surface area contributed by atoms with E-state index in [-0.39, 0.29) is 5.41 Å². The molecular formula is C13H20N4S2. The first-order valence-corrected chi connectivity index (χ1v) is 7.82. The first-order valence-electron chi connectivity index (χ1n) is 6.17. The summed E-state index contributed by atoms with van der Waals surface area (Å²) in [6, 6.07) is 0. The van der Waals surface area contributed by atoms with Crippen molar-refractivity contribution in [1.82, 2.24) is 9.36 Å². The number of anilines is 2. The van der Waals surface area contributed by atoms with E-state index in [0.29, 0.717) is 5.82 Å². The van der Waals surface area contributed by atoms with Gasteiger partial charge in [0.25, 0.3) is 0 Å². The van der Waals surface area contributed by atoms with Gasteiger partial charge in [0.05, 0.1) is 5.56 Å². The van der Waals surface area contributed by atoms with Gasteiger partial charge in [0.15, 0.2) is 0 Å². The van der Waals surface area contributed by atoms with Crippen LogP contribution in [0.3, 0.4) is 0 Å². The van der Waals surface area contributed by atoms with E-state index in [2.05, 4.69) is 42.1 Å². The summed E-state index contributed by atoms with van der Waals surface area (Å²) in [4.78, 5) is 6.75. The molecule has 0 aliphatic heterocycles. The van der Waals surface area contributed by atoms with Gasteiger partial charge in [-0.2, -0.15) is 4.37 Å². The van der Waals surface area contributed by atoms with Crippen LogP contribution in [0.4, 0.5) is 10.8 Å². The fraction of sp³-hybridized carbons (Fsp3) is 0.538. The minimum Gasteiger partial charge on any atom is -0.382 e. The second-order valence-electron chi connectivity index (χ2n) is 5.96. The zero-order chi connectivity index (χ0) is 14.2. The van der Waals surface area contributed by atoms with Crippen LogP contribution in [0.1, 0.15) is 26.5 Å². The van der Waals surface area contributed by atoms with Crippen molar-refractivity contribution in [1.29, 1.82) is 0 Å². The largest absolute Gasteiger partial charge is 0.382 e. The third kappa shape index (κ3) is 3.25. The molecule has 0 aliphatic carbocycles. The van der Waals surface area contributed by atoms with Crippen molar-refractivity contribution < 1.29 is 0 Å². The number of nitrogens with two attached hydrogens (primary N) is 1. The predicted molar refractivity (Wildman–Crippen MR) is 85.1 cm³/mol. The van der Waals surface area contributed by atoms with Crippen LogP contribution in [0.2, 0.25) is 0 Å². The minimum atomic E-state index is 0.226. The standard InChI is InChI=1S/C13H20N4S2/c1-8-6-18-11(15-8)9-10(14)16-19-12(9)17(5)7-13(2,3)4/h6H,7H2,1-5H3,(H2,14,16). The van der Waals surface area contributed by atoms with Gasteiger partial charge in [0.2, 0.25) is 0 Å². The summed E-state index contributed by atoms with van der Waals surface area (Å²) < 4.78 is 4.30. The molecule has 19 heavy (non-hydrogen) atoms. The van der Waals surface area contributed by atoms with Crippen molar-refractivity contribution in [3.8, 4) is 10.6 Å². The molecule has 0 bridgehead atoms. The maximum absolute atomic E-state index is 6.02. The van der Waals surface area contributed by atoms with Crippen LogP contribution in [0, 0.1) is 12.3 Å². The maximum atomic E-state index is 6.02. The number of hydrogen-bond donors (Lipinski definition) is 1. The Kier molecular flexibility index (Phi) is 3.82. The Hall–Kier alpha value is -1.14. The van der Waals surface area contributed by atoms with Crippen LogP contribution in [-0.4, -0.2) is 22.9 Å². The van der Waals surface area contributed by atoms with E-state index in [0.717, 1.165) is 27.8 Å². The second-order valence-corrected chi connectivity index (χ2v) is 7.57. The van der Waals surface area contributed by atoms with E-state index in [1.54, 1.807) is 11.3 Å². The summed E-state index contributed by atoms with van der Waals surface area (Å²) in [5.74, 6) is 0.579. The van der Waals surface area contributed by atoms with Gasteiger partial charge in [-0.15, -0.1) is 11.3 Å². The Labute approximate surface area is 122 Å². The lowest BCUT2D eigenvalue weighted by Gasteiger charge is -2.27. The summed E-state index contributed by atoms with van der Waals surface area (Å²) in [6.07, 6.45) is 0. The van der Waals surface area contributed by atoms with Crippen molar-refractivity contribution >= 4 is 33.7 Å². The lowest BCUT2D eigenvalue weighted by atomic mass is 9.96. The van der Waals surface area contributed by atoms with E-state index in [1.165, 1.54) is 11.5 Å². The molecule has 0 aromatic carbocycles. The monoisotopic (exact) mass is 296 g/mol. The SMILES string of the molecule is Cc1csc(-c2c(N)nsc2N(C)CC(C)(C)C)n1. The molecule has 0 radical (unpaired) electrons. The molecule has 2 rings (SSSR count). The van der Waals surface area contributed by atoms with Crippen LogP contribution in [0.5, 0.6) is 0 Å². The van der Waals surface area contributed by atoms with E-state index in [4.69, 9.17) is 5.73 Å². The average molecular weight is 296 g/mol. The third-order valence-electron chi connectivity index (χ3n) is 2.59. The molecule has 0 amide bonds. The molecule has 6 heteroatoms. The van der Waals surface area contributed by atoms with Crippen LogP contribution < -0.4 is 10.6 Å². The summed E-state index contributed by atoms with van der Waals surface area (Å²) in [7, 11) is 2.09. The molecule has 0 unspecified atom stereocenters. The quantitative estimate of drug-likeness (QED) is 0.939. The van der Waals surface area contributed by atoms with Gasteiger partial charge in [-0.25, -0.2) is 4.98 Å². The van der Waals surface area contributed by atoms with Crippen molar-refractivity contribution in [2.45, 2.75) is 27.7 Å². The number of nitrogen functional groups attached to an aromatic ring is 1. The lowest BCUT2D eigenvalue weighted by Crippen LogP contribution is -2.28. The number of aromatic nitrogens is 2. The number of aryl methyl sites for hydroxylation is 1. The van der Waals surface area contributed by atoms with Crippen molar-refractivity contribution in [2.75, 3.05) is 24.2 Å². The van der Waals surface area contributed by atoms with Gasteiger partial charge in [-0.3, -0.25) is 0 Å². The molecule has 2 heterocycles. The van der Waals surface area contributed by atoms with Crippen molar-refractivity contribution in [3.63, 3.8) is 0 Å². The van der Waals surface area contributed by atoms with E-state index in [1.807, 2.05) is 12.3 Å². The van der Waals surface area contributed by atoms with Gasteiger partial charge in [-0.05, 0) is 23.9 Å². The van der Waals surface area contributed by atoms with Crippen LogP contribution >= 0.6 is 22.9 Å². The van der Waals surface area contributed by atoms with Gasteiger partial charge in [0, 0.05) is 24.7 Å². The summed E-state index contributed by atoms with van der Waals surface area (Å²) in [6.45, 7) is 9.61. The van der Waals surface area contributed by atoms with Crippen LogP contribution in [0.25, 0.3) is 10.6 Å². The normalized spacial score (nSPS) is 11.8. The molecule has 104 valence electrons. The van der Waals surface area contributed by atoms with Gasteiger partial charge in [-0.1, -0.05) is 20.8 Å². The smallest absolute Gasteiger partial charge is 0.149 e. The Morgan fingerprint density at radius 2 is 2.05 bits per heavy atom. The van der Waals surface area contributed by atoms with Crippen LogP contribution in [0.15, 0.2) is 5.38 Å². The van der Waals surface area contributed by atoms with Gasteiger partial charge >= 0.3 is 0 Å². The Morgan fingerprint density at radius 3 is 2.58 bits per heavy atom. The first-order chi connectivity index (χ1) is 8.78. The zero-order valence-electron chi connectivity index (χ0n) is 12.0. The molecule has 0 atom stereocenters. The molecule has 0 spiro atoms. The molecule has 2 aromatic heterocycles. The average Bonchev–Trinajstić information content (AvgIpc) is 2.81. The molecule has 0 saturated carbocycles. The highest BCUT2D eigenvalue weighted by molar-refractivity contribution is 7.15. The molecular weight excluding hydrogens is 276 g/mol. The number of thiazole rings is 1. The molecule has 0 saturated heterocycles. The Bertz CT molecular complexity index is 565. The summed E-state index contributed by atoms with van der Waals surface area (Å²) >= 11 is 3.07. The van der Waals surface area contributed by atoms with Crippen LogP contribution in [-0.2, 0) is 0 Å².